The molecule has 0 aromatic heterocycles. The fourth-order valence-corrected chi connectivity index (χ4v) is 4.48. The van der Waals surface area contributed by atoms with Crippen LogP contribution in [0.25, 0.3) is 0 Å². The number of carboxylic acids is 1. The van der Waals surface area contributed by atoms with Gasteiger partial charge in [-0.3, -0.25) is 9.69 Å². The second kappa shape index (κ2) is 11.7. The van der Waals surface area contributed by atoms with Crippen molar-refractivity contribution in [2.24, 2.45) is 5.92 Å². The summed E-state index contributed by atoms with van der Waals surface area (Å²) in [4.78, 5) is 13.3. The summed E-state index contributed by atoms with van der Waals surface area (Å²) >= 11 is 0. The minimum atomic E-state index is -0.772. The quantitative estimate of drug-likeness (QED) is 0.411. The van der Waals surface area contributed by atoms with E-state index < -0.39 is 5.97 Å². The number of rotatable bonds is 11. The van der Waals surface area contributed by atoms with Gasteiger partial charge in [0.05, 0.1) is 0 Å². The number of ether oxygens (including phenoxy) is 1. The third-order valence-corrected chi connectivity index (χ3v) is 6.44. The first kappa shape index (κ1) is 23.1. The van der Waals surface area contributed by atoms with Gasteiger partial charge in [0.25, 0.3) is 0 Å². The first-order valence-corrected chi connectivity index (χ1v) is 11.9. The molecule has 0 spiro atoms. The van der Waals surface area contributed by atoms with Crippen LogP contribution in [0.15, 0.2) is 78.9 Å². The molecule has 0 amide bonds. The highest BCUT2D eigenvalue weighted by Crippen LogP contribution is 2.23. The molecule has 3 aromatic rings. The summed E-state index contributed by atoms with van der Waals surface area (Å²) in [6.07, 6.45) is 4.45. The average Bonchev–Trinajstić information content (AvgIpc) is 3.29. The van der Waals surface area contributed by atoms with Crippen molar-refractivity contribution in [2.45, 2.75) is 45.3 Å². The lowest BCUT2D eigenvalue weighted by atomic mass is 9.99. The van der Waals surface area contributed by atoms with Crippen molar-refractivity contribution in [1.82, 2.24) is 4.90 Å². The Hall–Kier alpha value is -3.11. The van der Waals surface area contributed by atoms with Crippen LogP contribution in [0.1, 0.15) is 41.5 Å². The van der Waals surface area contributed by atoms with E-state index in [-0.39, 0.29) is 6.42 Å². The van der Waals surface area contributed by atoms with Gasteiger partial charge in [0, 0.05) is 19.5 Å². The predicted octanol–water partition coefficient (Wildman–Crippen LogP) is 5.74. The van der Waals surface area contributed by atoms with E-state index in [4.69, 9.17) is 9.84 Å². The summed E-state index contributed by atoms with van der Waals surface area (Å²) in [6, 6.07) is 27.2. The van der Waals surface area contributed by atoms with Crippen LogP contribution >= 0.6 is 0 Å². The standard InChI is InChI=1S/C29H33NO3/c31-29(32)17-14-24-12-15-28(16-13-24)33-22-27-10-8-25(9-11-27)20-30-19-18-26(21-30)7-6-23-4-2-1-3-5-23/h1-5,8-13,15-16,26H,6-7,14,17-22H2,(H,31,32). The summed E-state index contributed by atoms with van der Waals surface area (Å²) < 4.78 is 5.90. The Morgan fingerprint density at radius 3 is 2.24 bits per heavy atom. The SMILES string of the molecule is O=C(O)CCc1ccc(OCc2ccc(CN3CCC(CCc4ccccc4)C3)cc2)cc1. The van der Waals surface area contributed by atoms with Gasteiger partial charge in [0.15, 0.2) is 0 Å². The largest absolute Gasteiger partial charge is 0.489 e. The molecule has 1 aliphatic rings. The van der Waals surface area contributed by atoms with E-state index in [0.717, 1.165) is 29.3 Å². The maximum atomic E-state index is 10.7. The van der Waals surface area contributed by atoms with Gasteiger partial charge in [0.2, 0.25) is 0 Å². The number of aryl methyl sites for hydroxylation is 2. The van der Waals surface area contributed by atoms with Crippen molar-refractivity contribution < 1.29 is 14.6 Å². The minimum absolute atomic E-state index is 0.151. The molecule has 172 valence electrons. The second-order valence-corrected chi connectivity index (χ2v) is 9.06. The first-order valence-electron chi connectivity index (χ1n) is 11.9. The van der Waals surface area contributed by atoms with Gasteiger partial charge in [0.1, 0.15) is 12.4 Å². The highest BCUT2D eigenvalue weighted by atomic mass is 16.5. The molecule has 1 N–H and O–H groups in total. The van der Waals surface area contributed by atoms with E-state index >= 15 is 0 Å². The van der Waals surface area contributed by atoms with E-state index in [1.54, 1.807) is 0 Å². The van der Waals surface area contributed by atoms with Crippen LogP contribution in [-0.4, -0.2) is 29.1 Å². The van der Waals surface area contributed by atoms with Crippen LogP contribution in [0.4, 0.5) is 0 Å². The molecule has 4 rings (SSSR count). The van der Waals surface area contributed by atoms with Crippen molar-refractivity contribution in [2.75, 3.05) is 13.1 Å². The minimum Gasteiger partial charge on any atom is -0.489 e. The Labute approximate surface area is 196 Å². The number of hydrogen-bond acceptors (Lipinski definition) is 3. The molecule has 0 bridgehead atoms. The number of likely N-dealkylation sites (tertiary alicyclic amines) is 1. The molecule has 1 heterocycles. The van der Waals surface area contributed by atoms with Crippen LogP contribution in [0.3, 0.4) is 0 Å². The summed E-state index contributed by atoms with van der Waals surface area (Å²) in [5.74, 6) is 0.830. The van der Waals surface area contributed by atoms with E-state index in [9.17, 15) is 4.79 Å². The molecule has 33 heavy (non-hydrogen) atoms. The zero-order valence-corrected chi connectivity index (χ0v) is 19.2. The van der Waals surface area contributed by atoms with E-state index in [1.807, 2.05) is 24.3 Å². The van der Waals surface area contributed by atoms with Gasteiger partial charge < -0.3 is 9.84 Å². The Bertz CT molecular complexity index is 999. The number of aliphatic carboxylic acids is 1. The molecule has 4 nitrogen and oxygen atoms in total. The molecular formula is C29H33NO3. The van der Waals surface area contributed by atoms with Crippen molar-refractivity contribution in [3.63, 3.8) is 0 Å². The Balaban J connectivity index is 1.18. The van der Waals surface area contributed by atoms with Gasteiger partial charge in [-0.05, 0) is 72.5 Å². The monoisotopic (exact) mass is 443 g/mol. The summed E-state index contributed by atoms with van der Waals surface area (Å²) in [6.45, 7) is 3.92. The molecule has 4 heteroatoms. The van der Waals surface area contributed by atoms with Gasteiger partial charge in [-0.2, -0.15) is 0 Å². The molecule has 0 radical (unpaired) electrons. The van der Waals surface area contributed by atoms with Crippen LogP contribution < -0.4 is 4.74 Å². The lowest BCUT2D eigenvalue weighted by Gasteiger charge is -2.16. The highest BCUT2D eigenvalue weighted by Gasteiger charge is 2.22. The lowest BCUT2D eigenvalue weighted by Crippen LogP contribution is -2.20. The molecule has 1 fully saturated rings. The molecular weight excluding hydrogens is 410 g/mol. The summed E-state index contributed by atoms with van der Waals surface area (Å²) in [5, 5.41) is 8.78. The molecule has 0 saturated carbocycles. The van der Waals surface area contributed by atoms with E-state index in [1.165, 1.54) is 43.5 Å². The van der Waals surface area contributed by atoms with Gasteiger partial charge in [-0.1, -0.05) is 66.7 Å². The Morgan fingerprint density at radius 1 is 0.848 bits per heavy atom. The zero-order valence-electron chi connectivity index (χ0n) is 19.2. The maximum Gasteiger partial charge on any atom is 0.303 e. The second-order valence-electron chi connectivity index (χ2n) is 9.06. The van der Waals surface area contributed by atoms with Crippen LogP contribution in [0, 0.1) is 5.92 Å². The molecule has 1 saturated heterocycles. The Kier molecular flexibility index (Phi) is 8.15. The first-order chi connectivity index (χ1) is 16.1. The molecule has 1 unspecified atom stereocenters. The zero-order chi connectivity index (χ0) is 22.9. The smallest absolute Gasteiger partial charge is 0.303 e. The van der Waals surface area contributed by atoms with Crippen molar-refractivity contribution >= 4 is 5.97 Å². The number of hydrogen-bond donors (Lipinski definition) is 1. The predicted molar refractivity (Wildman–Crippen MR) is 131 cm³/mol. The third kappa shape index (κ3) is 7.47. The van der Waals surface area contributed by atoms with Gasteiger partial charge >= 0.3 is 5.97 Å². The van der Waals surface area contributed by atoms with E-state index in [0.29, 0.717) is 13.0 Å². The van der Waals surface area contributed by atoms with Crippen molar-refractivity contribution in [3.05, 3.63) is 101 Å². The number of benzene rings is 3. The van der Waals surface area contributed by atoms with Gasteiger partial charge in [-0.25, -0.2) is 0 Å². The van der Waals surface area contributed by atoms with Crippen molar-refractivity contribution in [3.8, 4) is 5.75 Å². The lowest BCUT2D eigenvalue weighted by molar-refractivity contribution is -0.136. The average molecular weight is 444 g/mol. The van der Waals surface area contributed by atoms with Crippen LogP contribution in [0.2, 0.25) is 0 Å². The number of nitrogens with zero attached hydrogens (tertiary/aromatic N) is 1. The Morgan fingerprint density at radius 2 is 1.52 bits per heavy atom. The van der Waals surface area contributed by atoms with Crippen LogP contribution in [0.5, 0.6) is 5.75 Å². The molecule has 3 aromatic carbocycles. The maximum absolute atomic E-state index is 10.7. The summed E-state index contributed by atoms with van der Waals surface area (Å²) in [7, 11) is 0. The summed E-state index contributed by atoms with van der Waals surface area (Å²) in [5.41, 5.74) is 4.96. The van der Waals surface area contributed by atoms with Crippen molar-refractivity contribution in [1.29, 1.82) is 0 Å². The fourth-order valence-electron chi connectivity index (χ4n) is 4.48. The molecule has 0 aliphatic carbocycles. The number of carboxylic acid groups (broad SMARTS) is 1. The topological polar surface area (TPSA) is 49.8 Å². The normalized spacial score (nSPS) is 16.1. The highest BCUT2D eigenvalue weighted by molar-refractivity contribution is 5.67. The molecule has 1 atom stereocenters. The fraction of sp³-hybridized carbons (Fsp3) is 0.345. The van der Waals surface area contributed by atoms with Gasteiger partial charge in [-0.15, -0.1) is 0 Å². The third-order valence-electron chi connectivity index (χ3n) is 6.44. The number of carbonyl (C=O) groups is 1. The molecule has 1 aliphatic heterocycles. The van der Waals surface area contributed by atoms with E-state index in [2.05, 4.69) is 59.5 Å². The van der Waals surface area contributed by atoms with Crippen LogP contribution in [-0.2, 0) is 30.8 Å².